The maximum absolute atomic E-state index is 8.88. The van der Waals surface area contributed by atoms with Gasteiger partial charge < -0.3 is 10.4 Å². The lowest BCUT2D eigenvalue weighted by molar-refractivity contribution is 0.203. The maximum atomic E-state index is 8.88. The second kappa shape index (κ2) is 7.85. The lowest BCUT2D eigenvalue weighted by Crippen LogP contribution is -2.40. The summed E-state index contributed by atoms with van der Waals surface area (Å²) in [7, 11) is 0. The van der Waals surface area contributed by atoms with Gasteiger partial charge in [-0.3, -0.25) is 4.90 Å². The highest BCUT2D eigenvalue weighted by Gasteiger charge is 2.12. The van der Waals surface area contributed by atoms with E-state index in [0.29, 0.717) is 6.04 Å². The van der Waals surface area contributed by atoms with E-state index < -0.39 is 0 Å². The van der Waals surface area contributed by atoms with Crippen LogP contribution in [-0.2, 0) is 0 Å². The highest BCUT2D eigenvalue weighted by molar-refractivity contribution is 5.01. The topological polar surface area (TPSA) is 35.5 Å². The predicted molar refractivity (Wildman–Crippen MR) is 75.3 cm³/mol. The Labute approximate surface area is 107 Å². The summed E-state index contributed by atoms with van der Waals surface area (Å²) in [6.45, 7) is 17.9. The molecule has 0 aliphatic carbocycles. The molecule has 0 amide bonds. The zero-order chi connectivity index (χ0) is 13.5. The second-order valence-electron chi connectivity index (χ2n) is 5.99. The molecule has 102 valence electrons. The van der Waals surface area contributed by atoms with E-state index in [9.17, 15) is 0 Å². The molecule has 0 rings (SSSR count). The third kappa shape index (κ3) is 9.33. The zero-order valence-electron chi connectivity index (χ0n) is 12.2. The number of hydrogen-bond acceptors (Lipinski definition) is 3. The van der Waals surface area contributed by atoms with Crippen molar-refractivity contribution in [2.24, 2.45) is 0 Å². The summed E-state index contributed by atoms with van der Waals surface area (Å²) in [4.78, 5) is 2.35. The van der Waals surface area contributed by atoms with Gasteiger partial charge in [0.05, 0.1) is 0 Å². The molecule has 0 saturated heterocycles. The van der Waals surface area contributed by atoms with E-state index in [1.807, 2.05) is 0 Å². The minimum Gasteiger partial charge on any atom is -0.396 e. The molecular formula is C14H30N2O. The van der Waals surface area contributed by atoms with Gasteiger partial charge in [0, 0.05) is 37.8 Å². The van der Waals surface area contributed by atoms with Crippen LogP contribution in [0.25, 0.3) is 0 Å². The van der Waals surface area contributed by atoms with Crippen molar-refractivity contribution in [3.05, 3.63) is 12.2 Å². The van der Waals surface area contributed by atoms with Crippen LogP contribution in [0.5, 0.6) is 0 Å². The van der Waals surface area contributed by atoms with Crippen LogP contribution in [0.4, 0.5) is 0 Å². The maximum Gasteiger partial charge on any atom is 0.0443 e. The summed E-state index contributed by atoms with van der Waals surface area (Å²) < 4.78 is 0. The molecule has 0 bridgehead atoms. The number of hydrogen-bond donors (Lipinski definition) is 2. The molecule has 0 aromatic heterocycles. The van der Waals surface area contributed by atoms with E-state index in [0.717, 1.165) is 26.1 Å². The van der Waals surface area contributed by atoms with E-state index in [1.54, 1.807) is 0 Å². The fourth-order valence-electron chi connectivity index (χ4n) is 1.53. The molecule has 17 heavy (non-hydrogen) atoms. The molecule has 0 radical (unpaired) electrons. The van der Waals surface area contributed by atoms with E-state index in [4.69, 9.17) is 5.11 Å². The van der Waals surface area contributed by atoms with Gasteiger partial charge in [0.15, 0.2) is 0 Å². The first-order valence-corrected chi connectivity index (χ1v) is 6.53. The molecule has 0 aromatic carbocycles. The van der Waals surface area contributed by atoms with Crippen molar-refractivity contribution >= 4 is 0 Å². The average Bonchev–Trinajstić information content (AvgIpc) is 2.19. The minimum absolute atomic E-state index is 0.136. The third-order valence-electron chi connectivity index (χ3n) is 2.63. The van der Waals surface area contributed by atoms with Crippen LogP contribution in [0, 0.1) is 0 Å². The smallest absolute Gasteiger partial charge is 0.0443 e. The molecule has 0 fully saturated rings. The van der Waals surface area contributed by atoms with Gasteiger partial charge in [-0.2, -0.15) is 0 Å². The van der Waals surface area contributed by atoms with Gasteiger partial charge in [-0.05, 0) is 46.6 Å². The molecular weight excluding hydrogens is 212 g/mol. The first-order chi connectivity index (χ1) is 7.76. The summed E-state index contributed by atoms with van der Waals surface area (Å²) in [5.41, 5.74) is 1.34. The quantitative estimate of drug-likeness (QED) is 0.639. The van der Waals surface area contributed by atoms with Gasteiger partial charge in [-0.15, -0.1) is 0 Å². The van der Waals surface area contributed by atoms with Crippen molar-refractivity contribution in [2.45, 2.75) is 52.6 Å². The summed E-state index contributed by atoms with van der Waals surface area (Å²) in [6, 6.07) is 0.493. The molecule has 3 heteroatoms. The van der Waals surface area contributed by atoms with Crippen molar-refractivity contribution in [1.82, 2.24) is 10.2 Å². The molecule has 3 nitrogen and oxygen atoms in total. The van der Waals surface area contributed by atoms with Crippen molar-refractivity contribution < 1.29 is 5.11 Å². The molecule has 0 unspecified atom stereocenters. The van der Waals surface area contributed by atoms with Crippen molar-refractivity contribution in [2.75, 3.05) is 26.2 Å². The minimum atomic E-state index is 0.136. The number of aliphatic hydroxyl groups is 1. The van der Waals surface area contributed by atoms with Crippen molar-refractivity contribution in [1.29, 1.82) is 0 Å². The van der Waals surface area contributed by atoms with Crippen LogP contribution in [-0.4, -0.2) is 47.8 Å². The van der Waals surface area contributed by atoms with Crippen molar-refractivity contribution in [3.8, 4) is 0 Å². The summed E-state index contributed by atoms with van der Waals surface area (Å²) in [6.07, 6.45) is 0.832. The molecule has 0 heterocycles. The Kier molecular flexibility index (Phi) is 7.68. The van der Waals surface area contributed by atoms with Crippen LogP contribution >= 0.6 is 0 Å². The monoisotopic (exact) mass is 242 g/mol. The number of aliphatic hydroxyl groups excluding tert-OH is 1. The van der Waals surface area contributed by atoms with Gasteiger partial charge in [0.25, 0.3) is 0 Å². The zero-order valence-corrected chi connectivity index (χ0v) is 12.2. The normalized spacial score (nSPS) is 12.5. The lowest BCUT2D eigenvalue weighted by atomic mass is 10.1. The second-order valence-corrected chi connectivity index (χ2v) is 5.99. The Morgan fingerprint density at radius 3 is 2.35 bits per heavy atom. The fourth-order valence-corrected chi connectivity index (χ4v) is 1.53. The third-order valence-corrected chi connectivity index (χ3v) is 2.63. The van der Waals surface area contributed by atoms with E-state index in [2.05, 4.69) is 51.4 Å². The fraction of sp³-hybridized carbons (Fsp3) is 0.857. The molecule has 0 spiro atoms. The molecule has 0 saturated carbocycles. The van der Waals surface area contributed by atoms with Crippen LogP contribution in [0.1, 0.15) is 41.0 Å². The van der Waals surface area contributed by atoms with E-state index in [-0.39, 0.29) is 12.1 Å². The Morgan fingerprint density at radius 2 is 1.94 bits per heavy atom. The SMILES string of the molecule is C=C(CNC(C)(C)C)CN(CCCO)C(C)C. The van der Waals surface area contributed by atoms with Crippen molar-refractivity contribution in [3.63, 3.8) is 0 Å². The molecule has 0 aromatic rings. The Morgan fingerprint density at radius 1 is 1.35 bits per heavy atom. The largest absolute Gasteiger partial charge is 0.396 e. The standard InChI is InChI=1S/C14H30N2O/c1-12(2)16(8-7-9-17)11-13(3)10-15-14(4,5)6/h12,15,17H,3,7-11H2,1-2,4-6H3. The van der Waals surface area contributed by atoms with Crippen LogP contribution in [0.3, 0.4) is 0 Å². The number of rotatable bonds is 8. The Hall–Kier alpha value is -0.380. The average molecular weight is 242 g/mol. The van der Waals surface area contributed by atoms with E-state index in [1.165, 1.54) is 5.57 Å². The summed E-state index contributed by atoms with van der Waals surface area (Å²) in [5, 5.41) is 12.3. The molecule has 0 aliphatic rings. The van der Waals surface area contributed by atoms with Gasteiger partial charge in [-0.1, -0.05) is 6.58 Å². The highest BCUT2D eigenvalue weighted by atomic mass is 16.3. The summed E-state index contributed by atoms with van der Waals surface area (Å²) >= 11 is 0. The Bertz CT molecular complexity index is 219. The first kappa shape index (κ1) is 16.6. The molecule has 0 aliphatic heterocycles. The highest BCUT2D eigenvalue weighted by Crippen LogP contribution is 2.05. The molecule has 0 atom stereocenters. The van der Waals surface area contributed by atoms with E-state index >= 15 is 0 Å². The van der Waals surface area contributed by atoms with Gasteiger partial charge in [0.1, 0.15) is 0 Å². The first-order valence-electron chi connectivity index (χ1n) is 6.53. The van der Waals surface area contributed by atoms with Gasteiger partial charge in [-0.25, -0.2) is 0 Å². The summed E-state index contributed by atoms with van der Waals surface area (Å²) in [5.74, 6) is 0. The predicted octanol–water partition coefficient (Wildman–Crippen LogP) is 2.02. The molecule has 2 N–H and O–H groups in total. The van der Waals surface area contributed by atoms with Gasteiger partial charge in [0.2, 0.25) is 0 Å². The Balaban J connectivity index is 4.04. The van der Waals surface area contributed by atoms with Crippen LogP contribution in [0.2, 0.25) is 0 Å². The van der Waals surface area contributed by atoms with Gasteiger partial charge >= 0.3 is 0 Å². The lowest BCUT2D eigenvalue weighted by Gasteiger charge is -2.28. The number of nitrogens with one attached hydrogen (secondary N) is 1. The van der Waals surface area contributed by atoms with Crippen LogP contribution in [0.15, 0.2) is 12.2 Å². The number of nitrogens with zero attached hydrogens (tertiary/aromatic N) is 1. The van der Waals surface area contributed by atoms with Crippen LogP contribution < -0.4 is 5.32 Å².